The van der Waals surface area contributed by atoms with Crippen molar-refractivity contribution in [1.82, 2.24) is 0 Å². The van der Waals surface area contributed by atoms with E-state index in [1.54, 1.807) is 36.4 Å². The van der Waals surface area contributed by atoms with Crippen LogP contribution >= 0.6 is 11.8 Å². The summed E-state index contributed by atoms with van der Waals surface area (Å²) < 4.78 is 5.07. The van der Waals surface area contributed by atoms with Crippen LogP contribution in [-0.4, -0.2) is 40.5 Å². The summed E-state index contributed by atoms with van der Waals surface area (Å²) in [5.41, 5.74) is 6.40. The zero-order valence-corrected chi connectivity index (χ0v) is 16.6. The lowest BCUT2D eigenvalue weighted by atomic mass is 10.2. The maximum Gasteiger partial charge on any atom is 0.278 e. The average molecular weight is 427 g/mol. The molecule has 1 saturated heterocycles. The molecule has 2 amide bonds. The second-order valence-electron chi connectivity index (χ2n) is 6.07. The van der Waals surface area contributed by atoms with Gasteiger partial charge in [0.1, 0.15) is 11.0 Å². The lowest BCUT2D eigenvalue weighted by Gasteiger charge is -2.15. The number of thioether (sulfide) groups is 1. The SMILES string of the molecule is COc1ccc(N2C(=O)C[C@@H](S/C(N)=N/N=C\c3ccccc3[N+](=O)[O-])C2=O)cc1. The predicted molar refractivity (Wildman–Crippen MR) is 114 cm³/mol. The van der Waals surface area contributed by atoms with E-state index in [4.69, 9.17) is 10.5 Å². The number of benzene rings is 2. The van der Waals surface area contributed by atoms with Crippen molar-refractivity contribution in [3.8, 4) is 5.75 Å². The van der Waals surface area contributed by atoms with Gasteiger partial charge < -0.3 is 10.5 Å². The van der Waals surface area contributed by atoms with Gasteiger partial charge >= 0.3 is 0 Å². The molecule has 1 atom stereocenters. The highest BCUT2D eigenvalue weighted by Crippen LogP contribution is 2.30. The number of amidine groups is 1. The van der Waals surface area contributed by atoms with Crippen LogP contribution in [0.4, 0.5) is 11.4 Å². The second-order valence-corrected chi connectivity index (χ2v) is 7.30. The smallest absolute Gasteiger partial charge is 0.278 e. The van der Waals surface area contributed by atoms with E-state index < -0.39 is 16.1 Å². The predicted octanol–water partition coefficient (Wildman–Crippen LogP) is 2.32. The fraction of sp³-hybridized carbons (Fsp3) is 0.158. The van der Waals surface area contributed by atoms with Gasteiger partial charge in [0, 0.05) is 12.5 Å². The summed E-state index contributed by atoms with van der Waals surface area (Å²) in [5, 5.41) is 17.8. The number of nitrogens with two attached hydrogens (primary N) is 1. The molecule has 1 aliphatic heterocycles. The van der Waals surface area contributed by atoms with Gasteiger partial charge in [-0.1, -0.05) is 23.9 Å². The van der Waals surface area contributed by atoms with Crippen LogP contribution in [0.15, 0.2) is 58.7 Å². The van der Waals surface area contributed by atoms with Gasteiger partial charge in [0.2, 0.25) is 11.8 Å². The molecule has 0 spiro atoms. The molecule has 10 nitrogen and oxygen atoms in total. The molecule has 0 unspecified atom stereocenters. The molecule has 0 aromatic heterocycles. The third-order valence-electron chi connectivity index (χ3n) is 4.19. The first-order valence-corrected chi connectivity index (χ1v) is 9.56. The number of imide groups is 1. The highest BCUT2D eigenvalue weighted by atomic mass is 32.2. The Bertz CT molecular complexity index is 1040. The van der Waals surface area contributed by atoms with Crippen LogP contribution in [-0.2, 0) is 9.59 Å². The largest absolute Gasteiger partial charge is 0.497 e. The molecular weight excluding hydrogens is 410 g/mol. The van der Waals surface area contributed by atoms with Crippen molar-refractivity contribution in [2.75, 3.05) is 12.0 Å². The van der Waals surface area contributed by atoms with Crippen molar-refractivity contribution in [3.05, 3.63) is 64.2 Å². The van der Waals surface area contributed by atoms with Crippen LogP contribution in [0.1, 0.15) is 12.0 Å². The highest BCUT2D eigenvalue weighted by molar-refractivity contribution is 8.14. The summed E-state index contributed by atoms with van der Waals surface area (Å²) in [7, 11) is 1.52. The third kappa shape index (κ3) is 4.63. The van der Waals surface area contributed by atoms with E-state index in [2.05, 4.69) is 10.2 Å². The summed E-state index contributed by atoms with van der Waals surface area (Å²) in [6.07, 6.45) is 1.18. The Morgan fingerprint density at radius 2 is 1.97 bits per heavy atom. The van der Waals surface area contributed by atoms with Crippen molar-refractivity contribution in [3.63, 3.8) is 0 Å². The van der Waals surface area contributed by atoms with Crippen LogP contribution in [0.25, 0.3) is 0 Å². The number of nitro benzene ring substituents is 1. The standard InChI is InChI=1S/C19H17N5O5S/c1-29-14-8-6-13(7-9-14)23-17(25)10-16(18(23)26)30-19(20)22-21-11-12-4-2-3-5-15(12)24(27)28/h2-9,11,16H,10H2,1H3,(H2,20,22)/b21-11-/t16-/m1/s1. The van der Waals surface area contributed by atoms with Gasteiger partial charge in [-0.15, -0.1) is 5.10 Å². The van der Waals surface area contributed by atoms with E-state index in [0.717, 1.165) is 16.7 Å². The van der Waals surface area contributed by atoms with Crippen molar-refractivity contribution < 1.29 is 19.2 Å². The first-order chi connectivity index (χ1) is 14.4. The molecule has 3 rings (SSSR count). The van der Waals surface area contributed by atoms with Crippen LogP contribution < -0.4 is 15.4 Å². The number of carbonyl (C=O) groups excluding carboxylic acids is 2. The molecule has 2 aromatic rings. The summed E-state index contributed by atoms with van der Waals surface area (Å²) in [5.74, 6) is -0.147. The minimum atomic E-state index is -0.732. The Morgan fingerprint density at radius 3 is 2.63 bits per heavy atom. The van der Waals surface area contributed by atoms with Crippen molar-refractivity contribution in [1.29, 1.82) is 0 Å². The third-order valence-corrected chi connectivity index (χ3v) is 5.16. The minimum Gasteiger partial charge on any atom is -0.497 e. The normalized spacial score (nSPS) is 17.0. The number of amides is 2. The number of ether oxygens (including phenoxy) is 1. The fourth-order valence-electron chi connectivity index (χ4n) is 2.78. The molecule has 1 aliphatic rings. The van der Waals surface area contributed by atoms with E-state index >= 15 is 0 Å². The summed E-state index contributed by atoms with van der Waals surface area (Å²) in [6.45, 7) is 0. The van der Waals surface area contributed by atoms with Crippen LogP contribution in [0, 0.1) is 10.1 Å². The summed E-state index contributed by atoms with van der Waals surface area (Å²) in [6, 6.07) is 12.6. The molecule has 1 heterocycles. The molecule has 11 heteroatoms. The average Bonchev–Trinajstić information content (AvgIpc) is 3.01. The fourth-order valence-corrected chi connectivity index (χ4v) is 3.60. The topological polar surface area (TPSA) is 140 Å². The van der Waals surface area contributed by atoms with Crippen molar-refractivity contribution in [2.45, 2.75) is 11.7 Å². The number of hydrogen-bond donors (Lipinski definition) is 1. The monoisotopic (exact) mass is 427 g/mol. The van der Waals surface area contributed by atoms with Crippen LogP contribution in [0.5, 0.6) is 5.75 Å². The van der Waals surface area contributed by atoms with Gasteiger partial charge in [-0.3, -0.25) is 19.7 Å². The van der Waals surface area contributed by atoms with E-state index in [-0.39, 0.29) is 28.7 Å². The van der Waals surface area contributed by atoms with E-state index in [0.29, 0.717) is 11.4 Å². The van der Waals surface area contributed by atoms with E-state index in [1.807, 2.05) is 0 Å². The molecule has 0 saturated carbocycles. The van der Waals surface area contributed by atoms with Crippen LogP contribution in [0.2, 0.25) is 0 Å². The Hall–Kier alpha value is -3.73. The number of methoxy groups -OCH3 is 1. The Labute approximate surface area is 175 Å². The Kier molecular flexibility index (Phi) is 6.42. The molecule has 154 valence electrons. The summed E-state index contributed by atoms with van der Waals surface area (Å²) in [4.78, 5) is 36.5. The summed E-state index contributed by atoms with van der Waals surface area (Å²) >= 11 is 0.914. The van der Waals surface area contributed by atoms with Crippen LogP contribution in [0.3, 0.4) is 0 Å². The lowest BCUT2D eigenvalue weighted by molar-refractivity contribution is -0.385. The van der Waals surface area contributed by atoms with Gasteiger partial charge in [-0.25, -0.2) is 4.90 Å². The Balaban J connectivity index is 1.68. The molecule has 0 bridgehead atoms. The quantitative estimate of drug-likeness (QED) is 0.245. The number of hydrogen-bond acceptors (Lipinski definition) is 8. The van der Waals surface area contributed by atoms with E-state index in [9.17, 15) is 19.7 Å². The first-order valence-electron chi connectivity index (χ1n) is 8.68. The molecule has 0 radical (unpaired) electrons. The number of nitro groups is 1. The van der Waals surface area contributed by atoms with E-state index in [1.165, 1.54) is 25.5 Å². The van der Waals surface area contributed by atoms with Gasteiger partial charge in [-0.2, -0.15) is 5.10 Å². The van der Waals surface area contributed by atoms with Crippen molar-refractivity contribution >= 4 is 46.3 Å². The molecule has 1 fully saturated rings. The molecule has 0 aliphatic carbocycles. The number of rotatable bonds is 6. The first kappa shape index (κ1) is 21.0. The lowest BCUT2D eigenvalue weighted by Crippen LogP contribution is -2.31. The molecular formula is C19H17N5O5S. The molecule has 30 heavy (non-hydrogen) atoms. The van der Waals surface area contributed by atoms with Gasteiger partial charge in [0.25, 0.3) is 5.69 Å². The van der Waals surface area contributed by atoms with Gasteiger partial charge in [-0.05, 0) is 30.3 Å². The Morgan fingerprint density at radius 1 is 1.27 bits per heavy atom. The maximum absolute atomic E-state index is 12.7. The maximum atomic E-state index is 12.7. The van der Waals surface area contributed by atoms with Gasteiger partial charge in [0.05, 0.1) is 29.5 Å². The number of carbonyl (C=O) groups is 2. The van der Waals surface area contributed by atoms with Gasteiger partial charge in [0.15, 0.2) is 5.17 Å². The molecule has 2 N–H and O–H groups in total. The number of anilines is 1. The zero-order chi connectivity index (χ0) is 21.7. The number of para-hydroxylation sites is 1. The second kappa shape index (κ2) is 9.18. The highest BCUT2D eigenvalue weighted by Gasteiger charge is 2.40. The minimum absolute atomic E-state index is 0.0282. The number of nitrogens with zero attached hydrogens (tertiary/aromatic N) is 4. The zero-order valence-electron chi connectivity index (χ0n) is 15.8. The van der Waals surface area contributed by atoms with Crippen molar-refractivity contribution in [2.24, 2.45) is 15.9 Å². The molecule has 2 aromatic carbocycles.